The van der Waals surface area contributed by atoms with Crippen molar-refractivity contribution in [1.82, 2.24) is 9.97 Å². The summed E-state index contributed by atoms with van der Waals surface area (Å²) in [5, 5.41) is 0. The number of nitrogens with zero attached hydrogens (tertiary/aromatic N) is 2. The van der Waals surface area contributed by atoms with E-state index < -0.39 is 0 Å². The molecule has 1 aromatic heterocycles. The Morgan fingerprint density at radius 3 is 2.89 bits per heavy atom. The molecule has 0 aliphatic heterocycles. The van der Waals surface area contributed by atoms with Gasteiger partial charge in [0.15, 0.2) is 0 Å². The molecule has 2 nitrogen and oxygen atoms in total. The van der Waals surface area contributed by atoms with Gasteiger partial charge in [-0.05, 0) is 13.0 Å². The van der Waals surface area contributed by atoms with E-state index in [0.29, 0.717) is 0 Å². The van der Waals surface area contributed by atoms with Crippen LogP contribution in [0.25, 0.3) is 6.08 Å². The molecule has 0 bridgehead atoms. The molecule has 0 aliphatic carbocycles. The van der Waals surface area contributed by atoms with Gasteiger partial charge in [-0.3, -0.25) is 9.97 Å². The van der Waals surface area contributed by atoms with Gasteiger partial charge in [-0.2, -0.15) is 0 Å². The second-order valence-corrected chi connectivity index (χ2v) is 1.63. The second kappa shape index (κ2) is 2.97. The van der Waals surface area contributed by atoms with Crippen molar-refractivity contribution in [2.75, 3.05) is 0 Å². The largest absolute Gasteiger partial charge is 0.261 e. The molecule has 1 rings (SSSR count). The zero-order chi connectivity index (χ0) is 6.53. The molecule has 0 aromatic carbocycles. The van der Waals surface area contributed by atoms with E-state index in [2.05, 4.69) is 9.97 Å². The van der Waals surface area contributed by atoms with Gasteiger partial charge in [0.2, 0.25) is 0 Å². The van der Waals surface area contributed by atoms with Crippen LogP contribution >= 0.6 is 0 Å². The number of rotatable bonds is 1. The third-order valence-corrected chi connectivity index (χ3v) is 0.921. The van der Waals surface area contributed by atoms with E-state index in [1.54, 1.807) is 18.6 Å². The highest BCUT2D eigenvalue weighted by molar-refractivity contribution is 5.41. The van der Waals surface area contributed by atoms with Crippen LogP contribution in [0.2, 0.25) is 0 Å². The highest BCUT2D eigenvalue weighted by Gasteiger charge is 1.80. The zero-order valence-corrected chi connectivity index (χ0v) is 5.28. The minimum absolute atomic E-state index is 0.903. The molecule has 1 heterocycles. The third-order valence-electron chi connectivity index (χ3n) is 0.921. The third kappa shape index (κ3) is 1.64. The minimum atomic E-state index is 0.903. The predicted octanol–water partition coefficient (Wildman–Crippen LogP) is 1.51. The Balaban J connectivity index is 2.85. The standard InChI is InChI=1S/C7H8N2/c1-2-3-7-6-8-4-5-9-7/h2-6H,1H3/b3-2-. The van der Waals surface area contributed by atoms with Crippen LogP contribution in [0.4, 0.5) is 0 Å². The summed E-state index contributed by atoms with van der Waals surface area (Å²) in [7, 11) is 0. The maximum absolute atomic E-state index is 4.02. The van der Waals surface area contributed by atoms with Gasteiger partial charge in [-0.15, -0.1) is 0 Å². The van der Waals surface area contributed by atoms with E-state index >= 15 is 0 Å². The Morgan fingerprint density at radius 2 is 2.33 bits per heavy atom. The first-order valence-corrected chi connectivity index (χ1v) is 2.82. The summed E-state index contributed by atoms with van der Waals surface area (Å²) in [6.07, 6.45) is 8.90. The number of hydrogen-bond donors (Lipinski definition) is 0. The smallest absolute Gasteiger partial charge is 0.0809 e. The Labute approximate surface area is 54.3 Å². The van der Waals surface area contributed by atoms with Crippen molar-refractivity contribution in [2.24, 2.45) is 0 Å². The molecule has 0 aliphatic rings. The molecule has 2 heteroatoms. The van der Waals surface area contributed by atoms with Gasteiger partial charge in [0.1, 0.15) is 0 Å². The lowest BCUT2D eigenvalue weighted by molar-refractivity contribution is 1.18. The molecule has 0 spiro atoms. The summed E-state index contributed by atoms with van der Waals surface area (Å²) in [4.78, 5) is 7.91. The molecule has 0 N–H and O–H groups in total. The molecule has 0 fully saturated rings. The molecule has 0 radical (unpaired) electrons. The molecule has 0 atom stereocenters. The highest BCUT2D eigenvalue weighted by Crippen LogP contribution is 1.91. The van der Waals surface area contributed by atoms with E-state index in [1.807, 2.05) is 19.1 Å². The van der Waals surface area contributed by atoms with Crippen LogP contribution in [0.5, 0.6) is 0 Å². The molecule has 0 amide bonds. The second-order valence-electron chi connectivity index (χ2n) is 1.63. The fourth-order valence-electron chi connectivity index (χ4n) is 0.567. The summed E-state index contributed by atoms with van der Waals surface area (Å²) in [6.45, 7) is 1.95. The topological polar surface area (TPSA) is 25.8 Å². The van der Waals surface area contributed by atoms with Crippen LogP contribution in [0.1, 0.15) is 12.6 Å². The van der Waals surface area contributed by atoms with Crippen molar-refractivity contribution in [3.8, 4) is 0 Å². The lowest BCUT2D eigenvalue weighted by Crippen LogP contribution is -1.78. The lowest BCUT2D eigenvalue weighted by Gasteiger charge is -1.85. The van der Waals surface area contributed by atoms with Gasteiger partial charge >= 0.3 is 0 Å². The summed E-state index contributed by atoms with van der Waals surface area (Å²) < 4.78 is 0. The summed E-state index contributed by atoms with van der Waals surface area (Å²) >= 11 is 0. The fraction of sp³-hybridized carbons (Fsp3) is 0.143. The average molecular weight is 120 g/mol. The molecule has 46 valence electrons. The zero-order valence-electron chi connectivity index (χ0n) is 5.28. The first-order valence-electron chi connectivity index (χ1n) is 2.82. The van der Waals surface area contributed by atoms with Crippen molar-refractivity contribution in [3.63, 3.8) is 0 Å². The van der Waals surface area contributed by atoms with E-state index in [4.69, 9.17) is 0 Å². The SMILES string of the molecule is C/C=C\c1cnccn1. The first kappa shape index (κ1) is 5.95. The maximum atomic E-state index is 4.02. The van der Waals surface area contributed by atoms with E-state index in [-0.39, 0.29) is 0 Å². The van der Waals surface area contributed by atoms with Gasteiger partial charge in [-0.1, -0.05) is 6.08 Å². The Morgan fingerprint density at radius 1 is 1.44 bits per heavy atom. The highest BCUT2D eigenvalue weighted by atomic mass is 14.7. The number of hydrogen-bond acceptors (Lipinski definition) is 2. The van der Waals surface area contributed by atoms with E-state index in [0.717, 1.165) is 5.69 Å². The molecule has 0 unspecified atom stereocenters. The predicted molar refractivity (Wildman–Crippen MR) is 36.7 cm³/mol. The van der Waals surface area contributed by atoms with Gasteiger partial charge in [-0.25, -0.2) is 0 Å². The molecule has 1 aromatic rings. The number of allylic oxidation sites excluding steroid dienone is 1. The first-order chi connectivity index (χ1) is 4.43. The normalized spacial score (nSPS) is 10.3. The summed E-state index contributed by atoms with van der Waals surface area (Å²) in [6, 6.07) is 0. The molecule has 0 saturated heterocycles. The molecular weight excluding hydrogens is 112 g/mol. The monoisotopic (exact) mass is 120 g/mol. The Kier molecular flexibility index (Phi) is 1.96. The van der Waals surface area contributed by atoms with E-state index in [9.17, 15) is 0 Å². The molecule has 0 saturated carbocycles. The quantitative estimate of drug-likeness (QED) is 0.561. The van der Waals surface area contributed by atoms with Crippen LogP contribution in [0, 0.1) is 0 Å². The van der Waals surface area contributed by atoms with Gasteiger partial charge < -0.3 is 0 Å². The van der Waals surface area contributed by atoms with Crippen molar-refractivity contribution in [2.45, 2.75) is 6.92 Å². The van der Waals surface area contributed by atoms with Crippen LogP contribution in [-0.2, 0) is 0 Å². The summed E-state index contributed by atoms with van der Waals surface area (Å²) in [5.41, 5.74) is 0.903. The minimum Gasteiger partial charge on any atom is -0.261 e. The van der Waals surface area contributed by atoms with Crippen LogP contribution in [0.15, 0.2) is 24.7 Å². The van der Waals surface area contributed by atoms with Crippen molar-refractivity contribution in [3.05, 3.63) is 30.4 Å². The van der Waals surface area contributed by atoms with Crippen molar-refractivity contribution in [1.29, 1.82) is 0 Å². The number of aromatic nitrogens is 2. The summed E-state index contributed by atoms with van der Waals surface area (Å²) in [5.74, 6) is 0. The van der Waals surface area contributed by atoms with Gasteiger partial charge in [0, 0.05) is 12.4 Å². The maximum Gasteiger partial charge on any atom is 0.0809 e. The van der Waals surface area contributed by atoms with Crippen LogP contribution < -0.4 is 0 Å². The van der Waals surface area contributed by atoms with Gasteiger partial charge in [0.05, 0.1) is 11.9 Å². The fourth-order valence-corrected chi connectivity index (χ4v) is 0.567. The van der Waals surface area contributed by atoms with Gasteiger partial charge in [0.25, 0.3) is 0 Å². The lowest BCUT2D eigenvalue weighted by atomic mass is 10.4. The average Bonchev–Trinajstić information content (AvgIpc) is 1.91. The molecular formula is C7H8N2. The van der Waals surface area contributed by atoms with Crippen LogP contribution in [-0.4, -0.2) is 9.97 Å². The Hall–Kier alpha value is -1.18. The van der Waals surface area contributed by atoms with Crippen LogP contribution in [0.3, 0.4) is 0 Å². The van der Waals surface area contributed by atoms with E-state index in [1.165, 1.54) is 0 Å². The van der Waals surface area contributed by atoms with Crippen molar-refractivity contribution >= 4 is 6.08 Å². The molecule has 9 heavy (non-hydrogen) atoms. The Bertz CT molecular complexity index is 191. The van der Waals surface area contributed by atoms with Crippen molar-refractivity contribution < 1.29 is 0 Å².